The molecule has 2 aliphatic heterocycles. The van der Waals surface area contributed by atoms with Crippen molar-refractivity contribution in [3.05, 3.63) is 47.3 Å². The minimum atomic E-state index is 0.138. The molecule has 0 unspecified atom stereocenters. The highest BCUT2D eigenvalue weighted by molar-refractivity contribution is 5.27. The maximum absolute atomic E-state index is 4.79. The van der Waals surface area contributed by atoms with Gasteiger partial charge in [0.1, 0.15) is 0 Å². The van der Waals surface area contributed by atoms with Crippen molar-refractivity contribution < 1.29 is 0 Å². The Morgan fingerprint density at radius 3 is 2.67 bits per heavy atom. The van der Waals surface area contributed by atoms with Gasteiger partial charge in [0.15, 0.2) is 0 Å². The Balaban J connectivity index is 1.46. The molecule has 0 saturated carbocycles. The van der Waals surface area contributed by atoms with E-state index in [1.165, 1.54) is 54.9 Å². The third kappa shape index (κ3) is 3.67. The number of piperidine rings is 1. The number of unbranched alkanes of at least 4 members (excludes halogenated alkanes) is 1. The average molecular weight is 368 g/mol. The van der Waals surface area contributed by atoms with Crippen LogP contribution in [-0.2, 0) is 24.9 Å². The number of hydrogen-bond donors (Lipinski definition) is 1. The van der Waals surface area contributed by atoms with Crippen molar-refractivity contribution in [1.82, 2.24) is 24.8 Å². The summed E-state index contributed by atoms with van der Waals surface area (Å²) in [6.07, 6.45) is 11.0. The van der Waals surface area contributed by atoms with Gasteiger partial charge in [-0.15, -0.1) is 0 Å². The molecule has 0 bridgehead atoms. The second-order valence-electron chi connectivity index (χ2n) is 8.14. The van der Waals surface area contributed by atoms with Crippen LogP contribution in [0.4, 0.5) is 0 Å². The SMILES string of the molecule is CCCCN1CCc2[nH]cnc2C12CCN(Cc1ccc(CC)cn1)CC2. The Morgan fingerprint density at radius 2 is 1.96 bits per heavy atom. The van der Waals surface area contributed by atoms with Gasteiger partial charge in [0.2, 0.25) is 0 Å². The second kappa shape index (κ2) is 8.11. The van der Waals surface area contributed by atoms with Gasteiger partial charge in [0.05, 0.1) is 23.3 Å². The van der Waals surface area contributed by atoms with Crippen LogP contribution in [0.1, 0.15) is 62.2 Å². The van der Waals surface area contributed by atoms with Crippen LogP contribution >= 0.6 is 0 Å². The summed E-state index contributed by atoms with van der Waals surface area (Å²) in [4.78, 5) is 18.2. The first-order chi connectivity index (χ1) is 13.2. The molecule has 2 aliphatic rings. The molecule has 4 heterocycles. The molecular formula is C22H33N5. The van der Waals surface area contributed by atoms with E-state index in [4.69, 9.17) is 4.98 Å². The van der Waals surface area contributed by atoms with Crippen molar-refractivity contribution >= 4 is 0 Å². The van der Waals surface area contributed by atoms with Crippen LogP contribution in [0.5, 0.6) is 0 Å². The summed E-state index contributed by atoms with van der Waals surface area (Å²) in [7, 11) is 0. The van der Waals surface area contributed by atoms with Gasteiger partial charge in [-0.2, -0.15) is 0 Å². The third-order valence-corrected chi connectivity index (χ3v) is 6.54. The first-order valence-corrected chi connectivity index (χ1v) is 10.7. The van der Waals surface area contributed by atoms with Crippen LogP contribution in [-0.4, -0.2) is 50.9 Å². The smallest absolute Gasteiger partial charge is 0.0926 e. The number of nitrogens with one attached hydrogen (secondary N) is 1. The molecule has 0 aliphatic carbocycles. The van der Waals surface area contributed by atoms with Crippen molar-refractivity contribution in [2.24, 2.45) is 0 Å². The summed E-state index contributed by atoms with van der Waals surface area (Å²) >= 11 is 0. The molecule has 1 N–H and O–H groups in total. The van der Waals surface area contributed by atoms with Crippen molar-refractivity contribution in [1.29, 1.82) is 0 Å². The minimum absolute atomic E-state index is 0.138. The Hall–Kier alpha value is -1.72. The highest BCUT2D eigenvalue weighted by Gasteiger charge is 2.46. The van der Waals surface area contributed by atoms with Gasteiger partial charge in [-0.05, 0) is 43.9 Å². The molecule has 0 radical (unpaired) electrons. The Labute approximate surface area is 163 Å². The molecule has 2 aromatic rings. The Bertz CT molecular complexity index is 727. The molecule has 1 fully saturated rings. The van der Waals surface area contributed by atoms with Crippen LogP contribution in [0.3, 0.4) is 0 Å². The number of nitrogens with zero attached hydrogens (tertiary/aromatic N) is 4. The molecule has 0 atom stereocenters. The molecule has 0 aromatic carbocycles. The zero-order chi connectivity index (χ0) is 18.7. The van der Waals surface area contributed by atoms with Gasteiger partial charge in [0, 0.05) is 44.5 Å². The summed E-state index contributed by atoms with van der Waals surface area (Å²) in [6.45, 7) is 10.0. The number of pyridine rings is 1. The Kier molecular flexibility index (Phi) is 5.60. The van der Waals surface area contributed by atoms with Crippen molar-refractivity contribution in [3.63, 3.8) is 0 Å². The van der Waals surface area contributed by atoms with Gasteiger partial charge in [-0.1, -0.05) is 26.3 Å². The monoisotopic (exact) mass is 367 g/mol. The maximum Gasteiger partial charge on any atom is 0.0926 e. The predicted octanol–water partition coefficient (Wildman–Crippen LogP) is 3.52. The lowest BCUT2D eigenvalue weighted by atomic mass is 9.78. The van der Waals surface area contributed by atoms with Crippen LogP contribution in [0.25, 0.3) is 0 Å². The number of imidazole rings is 1. The average Bonchev–Trinajstić information content (AvgIpc) is 3.20. The molecule has 4 rings (SSSR count). The standard InChI is InChI=1S/C22H33N5/c1-3-5-11-27-12-8-20-21(25-17-24-20)22(27)9-13-26(14-10-22)16-19-7-6-18(4-2)15-23-19/h6-7,15,17H,3-5,8-14,16H2,1-2H3,(H,24,25). The predicted molar refractivity (Wildman–Crippen MR) is 109 cm³/mol. The van der Waals surface area contributed by atoms with E-state index in [0.717, 1.165) is 39.0 Å². The minimum Gasteiger partial charge on any atom is -0.348 e. The molecule has 2 aromatic heterocycles. The van der Waals surface area contributed by atoms with E-state index in [1.807, 2.05) is 12.5 Å². The van der Waals surface area contributed by atoms with E-state index in [2.05, 4.69) is 45.7 Å². The fourth-order valence-electron chi connectivity index (χ4n) is 4.82. The number of H-pyrrole nitrogens is 1. The summed E-state index contributed by atoms with van der Waals surface area (Å²) < 4.78 is 0. The zero-order valence-corrected chi connectivity index (χ0v) is 16.9. The molecule has 27 heavy (non-hydrogen) atoms. The first kappa shape index (κ1) is 18.6. The van der Waals surface area contributed by atoms with E-state index in [9.17, 15) is 0 Å². The molecule has 1 spiro atoms. The van der Waals surface area contributed by atoms with Gasteiger partial charge < -0.3 is 4.98 Å². The number of aryl methyl sites for hydroxylation is 1. The quantitative estimate of drug-likeness (QED) is 0.849. The Morgan fingerprint density at radius 1 is 1.11 bits per heavy atom. The number of fused-ring (bicyclic) bond motifs is 2. The van der Waals surface area contributed by atoms with E-state index < -0.39 is 0 Å². The molecule has 0 amide bonds. The molecule has 146 valence electrons. The lowest BCUT2D eigenvalue weighted by Gasteiger charge is -2.50. The topological polar surface area (TPSA) is 48.1 Å². The lowest BCUT2D eigenvalue weighted by Crippen LogP contribution is -2.56. The van der Waals surface area contributed by atoms with Crippen molar-refractivity contribution in [2.45, 2.75) is 64.5 Å². The van der Waals surface area contributed by atoms with E-state index in [-0.39, 0.29) is 5.54 Å². The highest BCUT2D eigenvalue weighted by Crippen LogP contribution is 2.42. The summed E-state index contributed by atoms with van der Waals surface area (Å²) in [5.74, 6) is 0. The number of hydrogen-bond acceptors (Lipinski definition) is 4. The normalized spacial score (nSPS) is 20.1. The van der Waals surface area contributed by atoms with Crippen LogP contribution in [0.15, 0.2) is 24.7 Å². The number of likely N-dealkylation sites (tertiary alicyclic amines) is 1. The zero-order valence-electron chi connectivity index (χ0n) is 16.9. The third-order valence-electron chi connectivity index (χ3n) is 6.54. The van der Waals surface area contributed by atoms with E-state index >= 15 is 0 Å². The molecular weight excluding hydrogens is 334 g/mol. The number of aromatic amines is 1. The second-order valence-corrected chi connectivity index (χ2v) is 8.14. The molecule has 5 nitrogen and oxygen atoms in total. The van der Waals surface area contributed by atoms with Crippen molar-refractivity contribution in [2.75, 3.05) is 26.2 Å². The van der Waals surface area contributed by atoms with Crippen molar-refractivity contribution in [3.8, 4) is 0 Å². The summed E-state index contributed by atoms with van der Waals surface area (Å²) in [6, 6.07) is 4.42. The lowest BCUT2D eigenvalue weighted by molar-refractivity contribution is 0.00237. The fraction of sp³-hybridized carbons (Fsp3) is 0.636. The summed E-state index contributed by atoms with van der Waals surface area (Å²) in [5.41, 5.74) is 5.34. The largest absolute Gasteiger partial charge is 0.348 e. The van der Waals surface area contributed by atoms with E-state index in [0.29, 0.717) is 0 Å². The number of aromatic nitrogens is 3. The fourth-order valence-corrected chi connectivity index (χ4v) is 4.82. The van der Waals surface area contributed by atoms with E-state index in [1.54, 1.807) is 0 Å². The van der Waals surface area contributed by atoms with Crippen LogP contribution < -0.4 is 0 Å². The van der Waals surface area contributed by atoms with Gasteiger partial charge in [-0.25, -0.2) is 4.98 Å². The maximum atomic E-state index is 4.79. The van der Waals surface area contributed by atoms with Gasteiger partial charge >= 0.3 is 0 Å². The van der Waals surface area contributed by atoms with Crippen LogP contribution in [0, 0.1) is 0 Å². The number of rotatable bonds is 6. The molecule has 5 heteroatoms. The summed E-state index contributed by atoms with van der Waals surface area (Å²) in [5, 5.41) is 0. The van der Waals surface area contributed by atoms with Gasteiger partial charge in [-0.3, -0.25) is 14.8 Å². The first-order valence-electron chi connectivity index (χ1n) is 10.7. The van der Waals surface area contributed by atoms with Gasteiger partial charge in [0.25, 0.3) is 0 Å². The van der Waals surface area contributed by atoms with Crippen LogP contribution in [0.2, 0.25) is 0 Å². The highest BCUT2D eigenvalue weighted by atomic mass is 15.3. The molecule has 1 saturated heterocycles.